The van der Waals surface area contributed by atoms with Gasteiger partial charge < -0.3 is 19.9 Å². The molecule has 3 heterocycles. The molecule has 2 N–H and O–H groups in total. The second-order valence-corrected chi connectivity index (χ2v) is 6.87. The van der Waals surface area contributed by atoms with E-state index in [9.17, 15) is 4.79 Å². The van der Waals surface area contributed by atoms with E-state index in [0.717, 1.165) is 37.6 Å². The summed E-state index contributed by atoms with van der Waals surface area (Å²) in [5.74, 6) is 1.63. The molecule has 0 radical (unpaired) electrons. The van der Waals surface area contributed by atoms with Crippen LogP contribution in [0, 0.1) is 0 Å². The Morgan fingerprint density at radius 3 is 2.72 bits per heavy atom. The molecule has 1 saturated heterocycles. The van der Waals surface area contributed by atoms with E-state index >= 15 is 0 Å². The molecular weight excluding hydrogens is 370 g/mol. The summed E-state index contributed by atoms with van der Waals surface area (Å²) < 4.78 is 5.36. The molecule has 1 aliphatic rings. The molecule has 9 heteroatoms. The zero-order chi connectivity index (χ0) is 20.2. The Kier molecular flexibility index (Phi) is 5.39. The molecule has 1 amide bonds. The van der Waals surface area contributed by atoms with Crippen molar-refractivity contribution in [3.05, 3.63) is 48.4 Å². The number of nitrogens with zero attached hydrogens (tertiary/aromatic N) is 5. The maximum atomic E-state index is 12.6. The Morgan fingerprint density at radius 2 is 1.93 bits per heavy atom. The zero-order valence-electron chi connectivity index (χ0n) is 16.4. The van der Waals surface area contributed by atoms with Crippen molar-refractivity contribution < 1.29 is 9.53 Å². The lowest BCUT2D eigenvalue weighted by molar-refractivity contribution is 0.102. The number of hydrogen-bond acceptors (Lipinski definition) is 7. The quantitative estimate of drug-likeness (QED) is 0.683. The van der Waals surface area contributed by atoms with Gasteiger partial charge in [-0.15, -0.1) is 0 Å². The molecule has 0 saturated carbocycles. The zero-order valence-corrected chi connectivity index (χ0v) is 16.4. The molecule has 29 heavy (non-hydrogen) atoms. The number of nitrogens with one attached hydrogen (secondary N) is 2. The summed E-state index contributed by atoms with van der Waals surface area (Å²) >= 11 is 0. The number of hydrogen-bond donors (Lipinski definition) is 2. The first-order chi connectivity index (χ1) is 14.1. The third-order valence-electron chi connectivity index (χ3n) is 4.93. The number of likely N-dealkylation sites (N-methyl/N-ethyl adjacent to an activating group) is 1. The molecule has 150 valence electrons. The Hall–Kier alpha value is -3.46. The highest BCUT2D eigenvalue weighted by Gasteiger charge is 2.17. The van der Waals surface area contributed by atoms with Crippen LogP contribution < -0.4 is 15.0 Å². The van der Waals surface area contributed by atoms with Gasteiger partial charge in [0.1, 0.15) is 29.4 Å². The molecule has 1 aromatic carbocycles. The van der Waals surface area contributed by atoms with E-state index in [1.165, 1.54) is 6.33 Å². The van der Waals surface area contributed by atoms with Crippen LogP contribution in [0.5, 0.6) is 5.75 Å². The monoisotopic (exact) mass is 393 g/mol. The lowest BCUT2D eigenvalue weighted by atomic mass is 10.1. The van der Waals surface area contributed by atoms with E-state index in [0.29, 0.717) is 23.0 Å². The Labute approximate surface area is 168 Å². The van der Waals surface area contributed by atoms with Crippen molar-refractivity contribution in [1.82, 2.24) is 25.1 Å². The van der Waals surface area contributed by atoms with Gasteiger partial charge in [-0.25, -0.2) is 9.97 Å². The van der Waals surface area contributed by atoms with E-state index in [1.54, 1.807) is 19.2 Å². The second-order valence-electron chi connectivity index (χ2n) is 6.87. The molecule has 1 fully saturated rings. The third-order valence-corrected chi connectivity index (χ3v) is 4.93. The number of carbonyl (C=O) groups excluding carboxylic acids is 1. The van der Waals surface area contributed by atoms with Crippen LogP contribution in [0.15, 0.2) is 42.7 Å². The van der Waals surface area contributed by atoms with Crippen molar-refractivity contribution in [3.63, 3.8) is 0 Å². The number of aromatic amines is 1. The van der Waals surface area contributed by atoms with Crippen molar-refractivity contribution in [1.29, 1.82) is 0 Å². The van der Waals surface area contributed by atoms with Crippen LogP contribution >= 0.6 is 0 Å². The van der Waals surface area contributed by atoms with Gasteiger partial charge in [0, 0.05) is 37.8 Å². The number of amides is 1. The predicted molar refractivity (Wildman–Crippen MR) is 110 cm³/mol. The fourth-order valence-corrected chi connectivity index (χ4v) is 3.24. The minimum atomic E-state index is -0.318. The summed E-state index contributed by atoms with van der Waals surface area (Å²) in [6.07, 6.45) is 1.47. The van der Waals surface area contributed by atoms with Crippen molar-refractivity contribution in [2.45, 2.75) is 0 Å². The van der Waals surface area contributed by atoms with Crippen LogP contribution in [-0.2, 0) is 0 Å². The number of H-pyrrole nitrogens is 1. The first-order valence-electron chi connectivity index (χ1n) is 9.40. The third kappa shape index (κ3) is 4.19. The number of anilines is 2. The van der Waals surface area contributed by atoms with Gasteiger partial charge in [-0.05, 0) is 25.2 Å². The minimum absolute atomic E-state index is 0.318. The van der Waals surface area contributed by atoms with Crippen LogP contribution in [0.4, 0.5) is 11.6 Å². The van der Waals surface area contributed by atoms with Crippen molar-refractivity contribution in [2.24, 2.45) is 0 Å². The van der Waals surface area contributed by atoms with Crippen LogP contribution in [0.1, 0.15) is 10.5 Å². The van der Waals surface area contributed by atoms with Crippen LogP contribution in [0.3, 0.4) is 0 Å². The van der Waals surface area contributed by atoms with Gasteiger partial charge in [-0.3, -0.25) is 9.89 Å². The number of ether oxygens (including phenoxy) is 1. The van der Waals surface area contributed by atoms with Gasteiger partial charge in [-0.1, -0.05) is 12.1 Å². The van der Waals surface area contributed by atoms with Gasteiger partial charge >= 0.3 is 0 Å². The highest BCUT2D eigenvalue weighted by molar-refractivity contribution is 6.03. The molecule has 0 spiro atoms. The molecule has 3 aromatic rings. The van der Waals surface area contributed by atoms with Crippen molar-refractivity contribution in [2.75, 3.05) is 50.6 Å². The smallest absolute Gasteiger partial charge is 0.274 e. The van der Waals surface area contributed by atoms with Gasteiger partial charge in [0.05, 0.1) is 12.8 Å². The first kappa shape index (κ1) is 18.9. The Balaban J connectivity index is 1.48. The Bertz CT molecular complexity index is 996. The summed E-state index contributed by atoms with van der Waals surface area (Å²) in [6, 6.07) is 11.0. The van der Waals surface area contributed by atoms with E-state index in [-0.39, 0.29) is 5.91 Å². The highest BCUT2D eigenvalue weighted by Crippen LogP contribution is 2.28. The van der Waals surface area contributed by atoms with Crippen molar-refractivity contribution >= 4 is 17.5 Å². The van der Waals surface area contributed by atoms with E-state index in [4.69, 9.17) is 4.74 Å². The normalized spacial score (nSPS) is 14.6. The number of piperazine rings is 1. The first-order valence-corrected chi connectivity index (χ1v) is 9.40. The average Bonchev–Trinajstić information content (AvgIpc) is 3.25. The molecule has 9 nitrogen and oxygen atoms in total. The number of methoxy groups -OCH3 is 1. The number of rotatable bonds is 5. The molecule has 1 aliphatic heterocycles. The minimum Gasteiger partial charge on any atom is -0.496 e. The highest BCUT2D eigenvalue weighted by atomic mass is 16.5. The fourth-order valence-electron chi connectivity index (χ4n) is 3.24. The number of carbonyl (C=O) groups is 1. The standard InChI is InChI=1S/C20H23N7O2/c1-26-7-9-27(10-8-26)19-12-18(21-13-22-19)23-20(28)16-11-15(24-25-16)14-5-3-4-6-17(14)29-2/h3-6,11-13H,7-10H2,1-2H3,(H,24,25)(H,21,22,23,28). The van der Waals surface area contributed by atoms with Gasteiger partial charge in [0.2, 0.25) is 0 Å². The average molecular weight is 393 g/mol. The summed E-state index contributed by atoms with van der Waals surface area (Å²) in [4.78, 5) is 25.6. The topological polar surface area (TPSA) is 99.3 Å². The lowest BCUT2D eigenvalue weighted by Gasteiger charge is -2.33. The lowest BCUT2D eigenvalue weighted by Crippen LogP contribution is -2.44. The van der Waals surface area contributed by atoms with Gasteiger partial charge in [-0.2, -0.15) is 5.10 Å². The molecule has 0 aliphatic carbocycles. The molecule has 4 rings (SSSR count). The Morgan fingerprint density at radius 1 is 1.14 bits per heavy atom. The number of para-hydroxylation sites is 1. The number of benzene rings is 1. The summed E-state index contributed by atoms with van der Waals surface area (Å²) in [5, 5.41) is 9.84. The van der Waals surface area contributed by atoms with E-state index < -0.39 is 0 Å². The van der Waals surface area contributed by atoms with Crippen LogP contribution in [0.2, 0.25) is 0 Å². The molecular formula is C20H23N7O2. The largest absolute Gasteiger partial charge is 0.496 e. The summed E-state index contributed by atoms with van der Waals surface area (Å²) in [7, 11) is 3.71. The molecule has 2 aromatic heterocycles. The number of aromatic nitrogens is 4. The van der Waals surface area contributed by atoms with Crippen molar-refractivity contribution in [3.8, 4) is 17.0 Å². The predicted octanol–water partition coefficient (Wildman–Crippen LogP) is 1.88. The molecule has 0 bridgehead atoms. The molecule has 0 atom stereocenters. The second kappa shape index (κ2) is 8.27. The maximum Gasteiger partial charge on any atom is 0.274 e. The van der Waals surface area contributed by atoms with Gasteiger partial charge in [0.15, 0.2) is 0 Å². The van der Waals surface area contributed by atoms with Crippen LogP contribution in [-0.4, -0.2) is 71.3 Å². The summed E-state index contributed by atoms with van der Waals surface area (Å²) in [6.45, 7) is 3.74. The summed E-state index contributed by atoms with van der Waals surface area (Å²) in [5.41, 5.74) is 1.78. The fraction of sp³-hybridized carbons (Fsp3) is 0.300. The van der Waals surface area contributed by atoms with Gasteiger partial charge in [0.25, 0.3) is 5.91 Å². The maximum absolute atomic E-state index is 12.6. The molecule has 0 unspecified atom stereocenters. The SMILES string of the molecule is COc1ccccc1-c1cc(C(=O)Nc2cc(N3CCN(C)CC3)ncn2)[nH]n1. The van der Waals surface area contributed by atoms with Crippen LogP contribution in [0.25, 0.3) is 11.3 Å². The van der Waals surface area contributed by atoms with E-state index in [1.807, 2.05) is 24.3 Å². The van der Waals surface area contributed by atoms with E-state index in [2.05, 4.69) is 42.3 Å².